The summed E-state index contributed by atoms with van der Waals surface area (Å²) in [6.45, 7) is 2.91. The lowest BCUT2D eigenvalue weighted by Crippen LogP contribution is -2.32. The van der Waals surface area contributed by atoms with Crippen LogP contribution in [0.4, 0.5) is 0 Å². The molecule has 0 saturated heterocycles. The zero-order valence-corrected chi connectivity index (χ0v) is 8.98. The van der Waals surface area contributed by atoms with Crippen molar-refractivity contribution in [2.75, 3.05) is 6.54 Å². The number of hydroxylamine groups is 2. The molecular weight excluding hydrogens is 209 g/mol. The van der Waals surface area contributed by atoms with Crippen LogP contribution in [0.25, 0.3) is 0 Å². The first kappa shape index (κ1) is 13.6. The molecule has 0 aliphatic heterocycles. The highest BCUT2D eigenvalue weighted by atomic mass is 31.2. The van der Waals surface area contributed by atoms with Gasteiger partial charge < -0.3 is 24.6 Å². The molecule has 0 aromatic heterocycles. The monoisotopic (exact) mass is 222 g/mol. The molecule has 1 atom stereocenters. The van der Waals surface area contributed by atoms with Gasteiger partial charge in [-0.3, -0.25) is 4.79 Å². The van der Waals surface area contributed by atoms with Crippen LogP contribution in [0, 0.1) is 11.1 Å². The zero-order chi connectivity index (χ0) is 11.4. The minimum atomic E-state index is -4.68. The Morgan fingerprint density at radius 1 is 1.43 bits per heavy atom. The van der Waals surface area contributed by atoms with Crippen molar-refractivity contribution in [2.24, 2.45) is 5.92 Å². The van der Waals surface area contributed by atoms with Crippen molar-refractivity contribution in [3.63, 3.8) is 0 Å². The molecule has 0 aromatic carbocycles. The molecule has 0 rings (SSSR count). The molecule has 7 heteroatoms. The SMILES string of the molecule is CC(C)C(CCN([O-])C=O)P(=O)([O-])[O-]. The van der Waals surface area contributed by atoms with E-state index in [1.807, 2.05) is 0 Å². The van der Waals surface area contributed by atoms with Gasteiger partial charge in [0.15, 0.2) is 6.41 Å². The third kappa shape index (κ3) is 4.72. The quantitative estimate of drug-likeness (QED) is 0.334. The molecule has 0 aliphatic carbocycles. The van der Waals surface area contributed by atoms with E-state index in [9.17, 15) is 24.4 Å². The summed E-state index contributed by atoms with van der Waals surface area (Å²) in [7, 11) is -4.68. The highest BCUT2D eigenvalue weighted by Crippen LogP contribution is 2.38. The summed E-state index contributed by atoms with van der Waals surface area (Å²) in [6.07, 6.45) is -0.0535. The molecule has 0 aliphatic rings. The number of nitrogens with zero attached hydrogens (tertiary/aromatic N) is 1. The molecular formula is C7H13NO5P-3. The van der Waals surface area contributed by atoms with E-state index in [2.05, 4.69) is 0 Å². The molecule has 84 valence electrons. The number of hydrogen-bond acceptors (Lipinski definition) is 5. The number of rotatable bonds is 6. The van der Waals surface area contributed by atoms with Gasteiger partial charge in [0.25, 0.3) is 0 Å². The van der Waals surface area contributed by atoms with E-state index in [-0.39, 0.29) is 30.4 Å². The highest BCUT2D eigenvalue weighted by Gasteiger charge is 2.16. The van der Waals surface area contributed by atoms with Gasteiger partial charge in [0.05, 0.1) is 0 Å². The van der Waals surface area contributed by atoms with Crippen LogP contribution in [0.2, 0.25) is 0 Å². The maximum absolute atomic E-state index is 10.7. The fourth-order valence-electron chi connectivity index (χ4n) is 1.17. The average Bonchev–Trinajstić information content (AvgIpc) is 2.01. The van der Waals surface area contributed by atoms with Gasteiger partial charge >= 0.3 is 0 Å². The summed E-state index contributed by atoms with van der Waals surface area (Å²) in [5, 5.41) is 10.6. The van der Waals surface area contributed by atoms with E-state index in [0.29, 0.717) is 0 Å². The zero-order valence-electron chi connectivity index (χ0n) is 8.08. The van der Waals surface area contributed by atoms with Gasteiger partial charge in [0.1, 0.15) is 0 Å². The van der Waals surface area contributed by atoms with E-state index in [1.165, 1.54) is 0 Å². The Kier molecular flexibility index (Phi) is 5.29. The van der Waals surface area contributed by atoms with Crippen molar-refractivity contribution < 1.29 is 19.1 Å². The van der Waals surface area contributed by atoms with Crippen LogP contribution in [0.1, 0.15) is 20.3 Å². The largest absolute Gasteiger partial charge is 0.811 e. The lowest BCUT2D eigenvalue weighted by atomic mass is 10.1. The Morgan fingerprint density at radius 2 is 1.93 bits per heavy atom. The summed E-state index contributed by atoms with van der Waals surface area (Å²) in [6, 6.07) is 0. The van der Waals surface area contributed by atoms with E-state index < -0.39 is 13.3 Å². The van der Waals surface area contributed by atoms with Crippen LogP contribution in [0.15, 0.2) is 0 Å². The topological polar surface area (TPSA) is 107 Å². The third-order valence-corrected chi connectivity index (χ3v) is 3.61. The van der Waals surface area contributed by atoms with E-state index in [4.69, 9.17) is 0 Å². The predicted molar refractivity (Wildman–Crippen MR) is 47.0 cm³/mol. The number of amides is 1. The third-order valence-electron chi connectivity index (χ3n) is 1.94. The number of hydrogen-bond donors (Lipinski definition) is 0. The first-order valence-corrected chi connectivity index (χ1v) is 5.81. The smallest absolute Gasteiger partial charge is 0.199 e. The molecule has 0 N–H and O–H groups in total. The Labute approximate surface area is 82.6 Å². The lowest BCUT2D eigenvalue weighted by Gasteiger charge is -2.42. The van der Waals surface area contributed by atoms with E-state index in [1.54, 1.807) is 13.8 Å². The summed E-state index contributed by atoms with van der Waals surface area (Å²) in [4.78, 5) is 31.4. The first-order valence-electron chi connectivity index (χ1n) is 4.19. The Bertz CT molecular complexity index is 226. The second-order valence-electron chi connectivity index (χ2n) is 3.39. The van der Waals surface area contributed by atoms with Gasteiger partial charge in [-0.2, -0.15) is 0 Å². The Balaban J connectivity index is 4.26. The minimum absolute atomic E-state index is 0.0535. The number of carbonyl (C=O) groups excluding carboxylic acids is 1. The van der Waals surface area contributed by atoms with Crippen molar-refractivity contribution >= 4 is 14.0 Å². The predicted octanol–water partition coefficient (Wildman–Crippen LogP) is -0.729. The van der Waals surface area contributed by atoms with Gasteiger partial charge in [0, 0.05) is 6.54 Å². The number of carbonyl (C=O) groups is 1. The van der Waals surface area contributed by atoms with Crippen LogP contribution in [-0.4, -0.2) is 23.7 Å². The van der Waals surface area contributed by atoms with E-state index >= 15 is 0 Å². The van der Waals surface area contributed by atoms with Crippen molar-refractivity contribution in [3.05, 3.63) is 5.21 Å². The van der Waals surface area contributed by atoms with Crippen molar-refractivity contribution in [1.29, 1.82) is 0 Å². The molecule has 0 spiro atoms. The van der Waals surface area contributed by atoms with Crippen LogP contribution in [0.5, 0.6) is 0 Å². The molecule has 0 heterocycles. The second kappa shape index (κ2) is 5.46. The van der Waals surface area contributed by atoms with Crippen LogP contribution in [-0.2, 0) is 9.36 Å². The molecule has 0 bridgehead atoms. The lowest BCUT2D eigenvalue weighted by molar-refractivity contribution is -0.317. The molecule has 14 heavy (non-hydrogen) atoms. The molecule has 6 nitrogen and oxygen atoms in total. The Hall–Kier alpha value is -0.420. The van der Waals surface area contributed by atoms with Gasteiger partial charge in [-0.1, -0.05) is 21.4 Å². The molecule has 0 aromatic rings. The van der Waals surface area contributed by atoms with Crippen molar-refractivity contribution in [3.8, 4) is 0 Å². The fraction of sp³-hybridized carbons (Fsp3) is 0.857. The summed E-state index contributed by atoms with van der Waals surface area (Å²) >= 11 is 0. The van der Waals surface area contributed by atoms with E-state index in [0.717, 1.165) is 0 Å². The normalized spacial score (nSPS) is 14.1. The molecule has 0 radical (unpaired) electrons. The van der Waals surface area contributed by atoms with Crippen molar-refractivity contribution in [1.82, 2.24) is 5.06 Å². The maximum Gasteiger partial charge on any atom is 0.199 e. The van der Waals surface area contributed by atoms with Gasteiger partial charge in [-0.15, -0.1) is 0 Å². The minimum Gasteiger partial charge on any atom is -0.811 e. The fourth-order valence-corrected chi connectivity index (χ4v) is 2.33. The second-order valence-corrected chi connectivity index (χ2v) is 5.13. The standard InChI is InChI=1S/C7H15NO5P/c1-6(2)7(14(11,12)13)3-4-8(10)5-9/h5-7H,3-4H2,1-2H3,(H2,11,12,13)/q-1/p-2. The Morgan fingerprint density at radius 3 is 2.21 bits per heavy atom. The van der Waals surface area contributed by atoms with Gasteiger partial charge in [-0.05, 0) is 18.0 Å². The average molecular weight is 222 g/mol. The highest BCUT2D eigenvalue weighted by molar-refractivity contribution is 7.49. The first-order chi connectivity index (χ1) is 6.29. The summed E-state index contributed by atoms with van der Waals surface area (Å²) in [5.41, 5.74) is -1.08. The molecule has 1 unspecified atom stereocenters. The summed E-state index contributed by atoms with van der Waals surface area (Å²) in [5.74, 6) is -0.351. The maximum atomic E-state index is 10.7. The van der Waals surface area contributed by atoms with Crippen molar-refractivity contribution in [2.45, 2.75) is 25.9 Å². The summed E-state index contributed by atoms with van der Waals surface area (Å²) < 4.78 is 10.7. The molecule has 1 amide bonds. The molecule has 0 saturated carbocycles. The van der Waals surface area contributed by atoms with Crippen LogP contribution in [0.3, 0.4) is 0 Å². The van der Waals surface area contributed by atoms with Gasteiger partial charge in [-0.25, -0.2) is 0 Å². The van der Waals surface area contributed by atoms with Gasteiger partial charge in [0.2, 0.25) is 0 Å². The molecule has 0 fully saturated rings. The van der Waals surface area contributed by atoms with Crippen LogP contribution >= 0.6 is 7.60 Å². The van der Waals surface area contributed by atoms with Crippen LogP contribution < -0.4 is 9.79 Å².